The number of hydrogen-bond acceptors (Lipinski definition) is 4. The summed E-state index contributed by atoms with van der Waals surface area (Å²) in [5, 5.41) is 13.0. The molecule has 0 atom stereocenters. The monoisotopic (exact) mass is 302 g/mol. The predicted molar refractivity (Wildman–Crippen MR) is 74.1 cm³/mol. The summed E-state index contributed by atoms with van der Waals surface area (Å²) >= 11 is 13.6. The van der Waals surface area contributed by atoms with Crippen molar-refractivity contribution >= 4 is 35.0 Å². The summed E-state index contributed by atoms with van der Waals surface area (Å²) in [6.45, 7) is 2.92. The summed E-state index contributed by atoms with van der Waals surface area (Å²) in [5.74, 6) is 1.52. The highest BCUT2D eigenvalue weighted by molar-refractivity contribution is 7.98. The number of nitrogens with zero attached hydrogens (tertiary/aromatic N) is 4. The summed E-state index contributed by atoms with van der Waals surface area (Å²) < 4.78 is 1.81. The molecule has 0 saturated carbocycles. The van der Waals surface area contributed by atoms with Crippen molar-refractivity contribution in [3.8, 4) is 0 Å². The first-order valence-corrected chi connectivity index (χ1v) is 7.27. The third-order valence-corrected chi connectivity index (χ3v) is 4.02. The van der Waals surface area contributed by atoms with Crippen molar-refractivity contribution in [2.75, 3.05) is 0 Å². The molecule has 0 bridgehead atoms. The van der Waals surface area contributed by atoms with Crippen LogP contribution in [0.1, 0.15) is 19.2 Å². The average Bonchev–Trinajstić information content (AvgIpc) is 2.78. The SMILES string of the molecule is CCCn1nnnc1CSc1cc(Cl)ccc1Cl. The molecule has 1 aromatic carbocycles. The van der Waals surface area contributed by atoms with Crippen molar-refractivity contribution in [3.05, 3.63) is 34.1 Å². The molecule has 18 heavy (non-hydrogen) atoms. The molecule has 0 N–H and O–H groups in total. The first-order valence-electron chi connectivity index (χ1n) is 5.53. The smallest absolute Gasteiger partial charge is 0.161 e. The van der Waals surface area contributed by atoms with Crippen LogP contribution < -0.4 is 0 Å². The van der Waals surface area contributed by atoms with E-state index in [1.54, 1.807) is 23.9 Å². The molecular weight excluding hydrogens is 291 g/mol. The maximum atomic E-state index is 6.10. The lowest BCUT2D eigenvalue weighted by Gasteiger charge is -2.05. The van der Waals surface area contributed by atoms with Crippen LogP contribution in [0.5, 0.6) is 0 Å². The van der Waals surface area contributed by atoms with E-state index in [9.17, 15) is 0 Å². The Morgan fingerprint density at radius 1 is 1.33 bits per heavy atom. The van der Waals surface area contributed by atoms with E-state index in [1.807, 2.05) is 10.7 Å². The highest BCUT2D eigenvalue weighted by atomic mass is 35.5. The lowest BCUT2D eigenvalue weighted by Crippen LogP contribution is -2.04. The van der Waals surface area contributed by atoms with E-state index < -0.39 is 0 Å². The highest BCUT2D eigenvalue weighted by Gasteiger charge is 2.08. The molecular formula is C11H12Cl2N4S. The molecule has 0 unspecified atom stereocenters. The molecule has 2 rings (SSSR count). The Morgan fingerprint density at radius 3 is 2.94 bits per heavy atom. The Kier molecular flexibility index (Phi) is 4.86. The Balaban J connectivity index is 2.06. The fourth-order valence-electron chi connectivity index (χ4n) is 1.44. The quantitative estimate of drug-likeness (QED) is 0.790. The Hall–Kier alpha value is -0.780. The van der Waals surface area contributed by atoms with Gasteiger partial charge < -0.3 is 0 Å². The van der Waals surface area contributed by atoms with Crippen LogP contribution in [0.3, 0.4) is 0 Å². The van der Waals surface area contributed by atoms with Crippen LogP contribution in [0, 0.1) is 0 Å². The molecule has 0 saturated heterocycles. The van der Waals surface area contributed by atoms with Crippen molar-refractivity contribution in [1.82, 2.24) is 20.2 Å². The maximum Gasteiger partial charge on any atom is 0.161 e. The van der Waals surface area contributed by atoms with E-state index in [-0.39, 0.29) is 0 Å². The summed E-state index contributed by atoms with van der Waals surface area (Å²) in [7, 11) is 0. The second kappa shape index (κ2) is 6.41. The minimum atomic E-state index is 0.674. The molecule has 0 aliphatic carbocycles. The summed E-state index contributed by atoms with van der Waals surface area (Å²) in [6.07, 6.45) is 1.00. The fourth-order valence-corrected chi connectivity index (χ4v) is 2.87. The summed E-state index contributed by atoms with van der Waals surface area (Å²) in [4.78, 5) is 0.940. The Bertz CT molecular complexity index is 530. The van der Waals surface area contributed by atoms with E-state index in [0.717, 1.165) is 23.7 Å². The van der Waals surface area contributed by atoms with Gasteiger partial charge in [0, 0.05) is 16.5 Å². The number of aryl methyl sites for hydroxylation is 1. The molecule has 0 fully saturated rings. The van der Waals surface area contributed by atoms with Gasteiger partial charge in [-0.15, -0.1) is 16.9 Å². The van der Waals surface area contributed by atoms with Crippen LogP contribution in [0.4, 0.5) is 0 Å². The van der Waals surface area contributed by atoms with Crippen molar-refractivity contribution < 1.29 is 0 Å². The molecule has 0 aliphatic rings. The molecule has 4 nitrogen and oxygen atoms in total. The van der Waals surface area contributed by atoms with Gasteiger partial charge in [-0.25, -0.2) is 4.68 Å². The molecule has 0 radical (unpaired) electrons. The van der Waals surface area contributed by atoms with Gasteiger partial charge in [-0.1, -0.05) is 30.1 Å². The Labute approximate surface area is 120 Å². The molecule has 0 aliphatic heterocycles. The molecule has 1 aromatic heterocycles. The fraction of sp³-hybridized carbons (Fsp3) is 0.364. The van der Waals surface area contributed by atoms with Crippen LogP contribution in [0.2, 0.25) is 10.0 Å². The Morgan fingerprint density at radius 2 is 2.17 bits per heavy atom. The zero-order valence-electron chi connectivity index (χ0n) is 9.81. The van der Waals surface area contributed by atoms with Gasteiger partial charge in [0.05, 0.1) is 10.8 Å². The van der Waals surface area contributed by atoms with E-state index in [1.165, 1.54) is 0 Å². The average molecular weight is 303 g/mol. The van der Waals surface area contributed by atoms with Gasteiger partial charge in [0.25, 0.3) is 0 Å². The van der Waals surface area contributed by atoms with Gasteiger partial charge in [0.2, 0.25) is 0 Å². The van der Waals surface area contributed by atoms with Gasteiger partial charge in [-0.2, -0.15) is 0 Å². The van der Waals surface area contributed by atoms with Crippen LogP contribution in [0.15, 0.2) is 23.1 Å². The third-order valence-electron chi connectivity index (χ3n) is 2.29. The second-order valence-corrected chi connectivity index (χ2v) is 5.54. The van der Waals surface area contributed by atoms with Gasteiger partial charge in [0.15, 0.2) is 5.82 Å². The third kappa shape index (κ3) is 3.37. The van der Waals surface area contributed by atoms with E-state index in [2.05, 4.69) is 22.4 Å². The summed E-state index contributed by atoms with van der Waals surface area (Å²) in [5.41, 5.74) is 0. The standard InChI is InChI=1S/C11H12Cl2N4S/c1-2-5-17-11(14-15-16-17)7-18-10-6-8(12)3-4-9(10)13/h3-4,6H,2,5,7H2,1H3. The lowest BCUT2D eigenvalue weighted by molar-refractivity contribution is 0.564. The molecule has 96 valence electrons. The minimum absolute atomic E-state index is 0.674. The van der Waals surface area contributed by atoms with Gasteiger partial charge in [0.1, 0.15) is 0 Å². The topological polar surface area (TPSA) is 43.6 Å². The number of tetrazole rings is 1. The number of rotatable bonds is 5. The minimum Gasteiger partial charge on any atom is -0.229 e. The molecule has 2 aromatic rings. The highest BCUT2D eigenvalue weighted by Crippen LogP contribution is 2.31. The van der Waals surface area contributed by atoms with E-state index in [0.29, 0.717) is 15.8 Å². The molecule has 0 amide bonds. The molecule has 7 heteroatoms. The van der Waals surface area contributed by atoms with Crippen LogP contribution in [0.25, 0.3) is 0 Å². The molecule has 1 heterocycles. The number of benzene rings is 1. The number of thioether (sulfide) groups is 1. The maximum absolute atomic E-state index is 6.10. The van der Waals surface area contributed by atoms with Crippen LogP contribution in [-0.2, 0) is 12.3 Å². The second-order valence-electron chi connectivity index (χ2n) is 3.68. The number of hydrogen-bond donors (Lipinski definition) is 0. The first kappa shape index (κ1) is 13.6. The van der Waals surface area contributed by atoms with Gasteiger partial charge in [-0.3, -0.25) is 0 Å². The van der Waals surface area contributed by atoms with Crippen molar-refractivity contribution in [3.63, 3.8) is 0 Å². The molecule has 0 spiro atoms. The zero-order chi connectivity index (χ0) is 13.0. The van der Waals surface area contributed by atoms with E-state index >= 15 is 0 Å². The van der Waals surface area contributed by atoms with Gasteiger partial charge >= 0.3 is 0 Å². The summed E-state index contributed by atoms with van der Waals surface area (Å²) in [6, 6.07) is 5.42. The zero-order valence-corrected chi connectivity index (χ0v) is 12.1. The largest absolute Gasteiger partial charge is 0.229 e. The van der Waals surface area contributed by atoms with Crippen molar-refractivity contribution in [2.45, 2.75) is 30.5 Å². The van der Waals surface area contributed by atoms with Crippen LogP contribution in [-0.4, -0.2) is 20.2 Å². The van der Waals surface area contributed by atoms with Crippen molar-refractivity contribution in [1.29, 1.82) is 0 Å². The lowest BCUT2D eigenvalue weighted by atomic mass is 10.4. The number of halogens is 2. The van der Waals surface area contributed by atoms with Crippen LogP contribution >= 0.6 is 35.0 Å². The normalized spacial score (nSPS) is 10.8. The van der Waals surface area contributed by atoms with E-state index in [4.69, 9.17) is 23.2 Å². The first-order chi connectivity index (χ1) is 8.70. The van der Waals surface area contributed by atoms with Crippen molar-refractivity contribution in [2.24, 2.45) is 0 Å². The van der Waals surface area contributed by atoms with Gasteiger partial charge in [-0.05, 0) is 35.0 Å². The predicted octanol–water partition coefficient (Wildman–Crippen LogP) is 3.68. The number of aromatic nitrogens is 4.